The Labute approximate surface area is 160 Å². The summed E-state index contributed by atoms with van der Waals surface area (Å²) in [5.41, 5.74) is 3.93. The van der Waals surface area contributed by atoms with E-state index in [-0.39, 0.29) is 5.57 Å². The summed E-state index contributed by atoms with van der Waals surface area (Å²) in [6, 6.07) is 15.8. The molecule has 25 heavy (non-hydrogen) atoms. The van der Waals surface area contributed by atoms with Crippen LogP contribution in [0.15, 0.2) is 57.5 Å². The second-order valence-electron chi connectivity index (χ2n) is 5.90. The SMILES string of the molecule is Cc1ccc(C)c(N2C(S)=C(C#N)C(=O)NC2c2cccc(Br)c2)c1. The van der Waals surface area contributed by atoms with E-state index in [1.807, 2.05) is 67.3 Å². The quantitative estimate of drug-likeness (QED) is 0.718. The zero-order chi connectivity index (χ0) is 18.1. The molecule has 1 unspecified atom stereocenters. The lowest BCUT2D eigenvalue weighted by molar-refractivity contribution is -0.118. The lowest BCUT2D eigenvalue weighted by Gasteiger charge is -2.39. The van der Waals surface area contributed by atoms with Crippen LogP contribution in [0, 0.1) is 25.2 Å². The second kappa shape index (κ2) is 6.95. The largest absolute Gasteiger partial charge is 0.327 e. The van der Waals surface area contributed by atoms with E-state index in [1.165, 1.54) is 0 Å². The number of anilines is 1. The number of hydrogen-bond donors (Lipinski definition) is 2. The summed E-state index contributed by atoms with van der Waals surface area (Å²) in [6.07, 6.45) is -0.449. The van der Waals surface area contributed by atoms with E-state index in [1.54, 1.807) is 0 Å². The molecule has 4 nitrogen and oxygen atoms in total. The van der Waals surface area contributed by atoms with E-state index in [0.29, 0.717) is 5.03 Å². The summed E-state index contributed by atoms with van der Waals surface area (Å²) < 4.78 is 0.913. The van der Waals surface area contributed by atoms with E-state index in [4.69, 9.17) is 0 Å². The van der Waals surface area contributed by atoms with E-state index in [0.717, 1.165) is 26.9 Å². The van der Waals surface area contributed by atoms with Gasteiger partial charge in [-0.3, -0.25) is 4.79 Å². The zero-order valence-corrected chi connectivity index (χ0v) is 16.2. The van der Waals surface area contributed by atoms with E-state index in [9.17, 15) is 10.1 Å². The summed E-state index contributed by atoms with van der Waals surface area (Å²) in [5.74, 6) is -0.418. The highest BCUT2D eigenvalue weighted by Crippen LogP contribution is 2.38. The van der Waals surface area contributed by atoms with E-state index < -0.39 is 12.1 Å². The highest BCUT2D eigenvalue weighted by atomic mass is 79.9. The van der Waals surface area contributed by atoms with Crippen LogP contribution in [0.4, 0.5) is 5.69 Å². The molecular weight excluding hydrogens is 398 g/mol. The third kappa shape index (κ3) is 3.30. The number of nitrogens with zero attached hydrogens (tertiary/aromatic N) is 2. The van der Waals surface area contributed by atoms with Crippen LogP contribution in [0.3, 0.4) is 0 Å². The number of aryl methyl sites for hydroxylation is 2. The topological polar surface area (TPSA) is 56.1 Å². The van der Waals surface area contributed by atoms with Crippen molar-refractivity contribution < 1.29 is 4.79 Å². The van der Waals surface area contributed by atoms with E-state index >= 15 is 0 Å². The van der Waals surface area contributed by atoms with Crippen LogP contribution in [0.1, 0.15) is 22.9 Å². The van der Waals surface area contributed by atoms with Crippen molar-refractivity contribution in [3.8, 4) is 6.07 Å². The van der Waals surface area contributed by atoms with Crippen molar-refractivity contribution in [2.75, 3.05) is 4.90 Å². The summed E-state index contributed by atoms with van der Waals surface area (Å²) in [7, 11) is 0. The number of carbonyl (C=O) groups excluding carboxylic acids is 1. The minimum absolute atomic E-state index is 0.00971. The van der Waals surface area contributed by atoms with Crippen LogP contribution < -0.4 is 10.2 Å². The number of nitriles is 1. The molecule has 3 rings (SSSR count). The number of thiol groups is 1. The predicted octanol–water partition coefficient (Wildman–Crippen LogP) is 4.37. The predicted molar refractivity (Wildman–Crippen MR) is 105 cm³/mol. The maximum atomic E-state index is 12.4. The molecule has 1 heterocycles. The number of halogens is 1. The van der Waals surface area contributed by atoms with E-state index in [2.05, 4.69) is 33.9 Å². The van der Waals surface area contributed by atoms with Gasteiger partial charge in [-0.1, -0.05) is 40.2 Å². The Balaban J connectivity index is 2.23. The van der Waals surface area contributed by atoms with Crippen molar-refractivity contribution in [3.05, 3.63) is 74.2 Å². The Morgan fingerprint density at radius 1 is 1.24 bits per heavy atom. The number of amides is 1. The lowest BCUT2D eigenvalue weighted by atomic mass is 10.0. The number of benzene rings is 2. The average Bonchev–Trinajstić information content (AvgIpc) is 2.57. The van der Waals surface area contributed by atoms with Gasteiger partial charge in [-0.05, 0) is 48.7 Å². The highest BCUT2D eigenvalue weighted by Gasteiger charge is 2.34. The van der Waals surface area contributed by atoms with Crippen molar-refractivity contribution in [1.82, 2.24) is 5.32 Å². The van der Waals surface area contributed by atoms with Crippen molar-refractivity contribution in [2.45, 2.75) is 20.0 Å². The first-order valence-corrected chi connectivity index (χ1v) is 8.92. The van der Waals surface area contributed by atoms with Gasteiger partial charge in [0.05, 0.1) is 5.03 Å². The van der Waals surface area contributed by atoms with Crippen molar-refractivity contribution in [2.24, 2.45) is 0 Å². The summed E-state index contributed by atoms with van der Waals surface area (Å²) >= 11 is 8.00. The molecule has 0 saturated carbocycles. The third-order valence-corrected chi connectivity index (χ3v) is 5.04. The third-order valence-electron chi connectivity index (χ3n) is 4.11. The molecule has 0 aromatic heterocycles. The fourth-order valence-corrected chi connectivity index (χ4v) is 3.64. The monoisotopic (exact) mass is 413 g/mol. The number of rotatable bonds is 2. The van der Waals surface area contributed by atoms with Gasteiger partial charge in [0.25, 0.3) is 5.91 Å². The first-order valence-electron chi connectivity index (χ1n) is 7.68. The molecule has 2 aromatic carbocycles. The number of carbonyl (C=O) groups is 1. The molecule has 1 aliphatic rings. The Hall–Kier alpha value is -2.23. The first kappa shape index (κ1) is 17.6. The van der Waals surface area contributed by atoms with Gasteiger partial charge in [0.1, 0.15) is 17.8 Å². The van der Waals surface area contributed by atoms with Crippen LogP contribution in [0.2, 0.25) is 0 Å². The smallest absolute Gasteiger partial charge is 0.266 e. The molecule has 2 aromatic rings. The Bertz CT molecular complexity index is 933. The van der Waals surface area contributed by atoms with Gasteiger partial charge in [-0.25, -0.2) is 0 Å². The Morgan fingerprint density at radius 3 is 2.68 bits per heavy atom. The first-order chi connectivity index (χ1) is 11.9. The molecule has 126 valence electrons. The standard InChI is InChI=1S/C19H16BrN3OS/c1-11-6-7-12(2)16(8-11)23-17(13-4-3-5-14(20)9-13)22-18(24)15(10-21)19(23)25/h3-9,17,25H,1-2H3,(H,22,24). The van der Waals surface area contributed by atoms with Gasteiger partial charge in [-0.15, -0.1) is 12.6 Å². The molecule has 1 N–H and O–H groups in total. The molecule has 1 amide bonds. The average molecular weight is 414 g/mol. The summed E-state index contributed by atoms with van der Waals surface area (Å²) in [4.78, 5) is 14.3. The molecule has 0 bridgehead atoms. The second-order valence-corrected chi connectivity index (χ2v) is 7.24. The normalized spacial score (nSPS) is 17.3. The van der Waals surface area contributed by atoms with Gasteiger partial charge in [0.2, 0.25) is 0 Å². The maximum absolute atomic E-state index is 12.4. The molecule has 1 atom stereocenters. The lowest BCUT2D eigenvalue weighted by Crippen LogP contribution is -2.46. The maximum Gasteiger partial charge on any atom is 0.266 e. The molecular formula is C19H16BrN3OS. The van der Waals surface area contributed by atoms with Crippen LogP contribution in [-0.2, 0) is 4.79 Å². The van der Waals surface area contributed by atoms with Gasteiger partial charge >= 0.3 is 0 Å². The molecule has 0 saturated heterocycles. The Kier molecular flexibility index (Phi) is 4.89. The van der Waals surface area contributed by atoms with Crippen LogP contribution in [0.5, 0.6) is 0 Å². The molecule has 0 radical (unpaired) electrons. The van der Waals surface area contributed by atoms with Crippen molar-refractivity contribution >= 4 is 40.2 Å². The van der Waals surface area contributed by atoms with Gasteiger partial charge < -0.3 is 10.2 Å². The van der Waals surface area contributed by atoms with Crippen LogP contribution in [0.25, 0.3) is 0 Å². The van der Waals surface area contributed by atoms with Gasteiger partial charge in [0.15, 0.2) is 0 Å². The van der Waals surface area contributed by atoms with Gasteiger partial charge in [-0.2, -0.15) is 5.26 Å². The fourth-order valence-electron chi connectivity index (χ4n) is 2.85. The number of nitrogens with one attached hydrogen (secondary N) is 1. The molecule has 6 heteroatoms. The minimum atomic E-state index is -0.449. The minimum Gasteiger partial charge on any atom is -0.327 e. The summed E-state index contributed by atoms with van der Waals surface area (Å²) in [5, 5.41) is 12.6. The molecule has 0 aliphatic carbocycles. The van der Waals surface area contributed by atoms with Crippen LogP contribution in [-0.4, -0.2) is 5.91 Å². The Morgan fingerprint density at radius 2 is 2.00 bits per heavy atom. The van der Waals surface area contributed by atoms with Crippen LogP contribution >= 0.6 is 28.6 Å². The van der Waals surface area contributed by atoms with Gasteiger partial charge in [0, 0.05) is 10.2 Å². The summed E-state index contributed by atoms with van der Waals surface area (Å²) in [6.45, 7) is 4.00. The zero-order valence-electron chi connectivity index (χ0n) is 13.7. The highest BCUT2D eigenvalue weighted by molar-refractivity contribution is 9.10. The van der Waals surface area contributed by atoms with Crippen molar-refractivity contribution in [3.63, 3.8) is 0 Å². The van der Waals surface area contributed by atoms with Crippen molar-refractivity contribution in [1.29, 1.82) is 5.26 Å². The fraction of sp³-hybridized carbons (Fsp3) is 0.158. The molecule has 1 aliphatic heterocycles. The molecule has 0 fully saturated rings. The number of hydrogen-bond acceptors (Lipinski definition) is 4. The molecule has 0 spiro atoms.